The molecule has 0 saturated carbocycles. The first kappa shape index (κ1) is 23.4. The lowest BCUT2D eigenvalue weighted by Gasteiger charge is -2.25. The van der Waals surface area contributed by atoms with E-state index in [1.165, 1.54) is 12.0 Å². The number of amides is 2. The number of aliphatic hydroxyl groups excluding tert-OH is 2. The van der Waals surface area contributed by atoms with Gasteiger partial charge in [-0.15, -0.1) is 0 Å². The van der Waals surface area contributed by atoms with Crippen LogP contribution in [-0.2, 0) is 9.63 Å². The van der Waals surface area contributed by atoms with Crippen molar-refractivity contribution < 1.29 is 24.6 Å². The van der Waals surface area contributed by atoms with Crippen LogP contribution >= 0.6 is 0 Å². The molecule has 0 unspecified atom stereocenters. The molecule has 1 heterocycles. The molecule has 1 aliphatic rings. The zero-order chi connectivity index (χ0) is 23.3. The summed E-state index contributed by atoms with van der Waals surface area (Å²) in [6.45, 7) is 3.27. The lowest BCUT2D eigenvalue weighted by Crippen LogP contribution is -2.50. The van der Waals surface area contributed by atoms with E-state index in [4.69, 9.17) is 4.84 Å². The molecule has 1 saturated heterocycles. The predicted octanol–water partition coefficient (Wildman–Crippen LogP) is 1.66. The van der Waals surface area contributed by atoms with Gasteiger partial charge in [-0.2, -0.15) is 0 Å². The summed E-state index contributed by atoms with van der Waals surface area (Å²) in [6.07, 6.45) is 0.218. The second-order valence-corrected chi connectivity index (χ2v) is 7.91. The number of likely N-dealkylation sites (tertiary alicyclic amines) is 1. The van der Waals surface area contributed by atoms with Crippen molar-refractivity contribution in [2.75, 3.05) is 26.9 Å². The molecule has 2 aromatic carbocycles. The number of nitrogens with one attached hydrogen (secondary N) is 1. The maximum Gasteiger partial charge on any atom is 0.255 e. The van der Waals surface area contributed by atoms with Gasteiger partial charge in [-0.25, -0.2) is 0 Å². The Balaban J connectivity index is 1.88. The van der Waals surface area contributed by atoms with Crippen LogP contribution in [-0.4, -0.2) is 71.6 Å². The third-order valence-electron chi connectivity index (χ3n) is 5.64. The molecule has 2 amide bonds. The van der Waals surface area contributed by atoms with Gasteiger partial charge in [0.15, 0.2) is 0 Å². The van der Waals surface area contributed by atoms with Crippen molar-refractivity contribution in [2.24, 2.45) is 5.16 Å². The van der Waals surface area contributed by atoms with Crippen molar-refractivity contribution >= 4 is 17.5 Å². The van der Waals surface area contributed by atoms with Crippen molar-refractivity contribution in [1.82, 2.24) is 10.2 Å². The highest BCUT2D eigenvalue weighted by Crippen LogP contribution is 2.27. The van der Waals surface area contributed by atoms with Gasteiger partial charge in [-0.05, 0) is 42.2 Å². The smallest absolute Gasteiger partial charge is 0.255 e. The van der Waals surface area contributed by atoms with Crippen molar-refractivity contribution in [3.8, 4) is 11.1 Å². The van der Waals surface area contributed by atoms with Gasteiger partial charge in [0.1, 0.15) is 13.2 Å². The van der Waals surface area contributed by atoms with E-state index in [9.17, 15) is 19.8 Å². The van der Waals surface area contributed by atoms with Crippen LogP contribution in [0.2, 0.25) is 0 Å². The lowest BCUT2D eigenvalue weighted by molar-refractivity contribution is -0.126. The molecule has 170 valence electrons. The Morgan fingerprint density at radius 3 is 2.50 bits per heavy atom. The van der Waals surface area contributed by atoms with E-state index in [0.29, 0.717) is 11.3 Å². The second-order valence-electron chi connectivity index (χ2n) is 7.91. The first-order valence-corrected chi connectivity index (χ1v) is 10.5. The van der Waals surface area contributed by atoms with Crippen molar-refractivity contribution in [1.29, 1.82) is 0 Å². The third kappa shape index (κ3) is 4.98. The summed E-state index contributed by atoms with van der Waals surface area (Å²) >= 11 is 0. The molecule has 2 aromatic rings. The van der Waals surface area contributed by atoms with Gasteiger partial charge in [0.05, 0.1) is 31.5 Å². The zero-order valence-corrected chi connectivity index (χ0v) is 18.5. The summed E-state index contributed by atoms with van der Waals surface area (Å²) in [5.41, 5.74) is 5.13. The first-order chi connectivity index (χ1) is 15.4. The van der Waals surface area contributed by atoms with Crippen LogP contribution in [0.5, 0.6) is 0 Å². The summed E-state index contributed by atoms with van der Waals surface area (Å²) in [4.78, 5) is 32.5. The summed E-state index contributed by atoms with van der Waals surface area (Å²) in [7, 11) is 1.41. The number of nitrogens with zero attached hydrogens (tertiary/aromatic N) is 2. The van der Waals surface area contributed by atoms with E-state index >= 15 is 0 Å². The summed E-state index contributed by atoms with van der Waals surface area (Å²) in [5, 5.41) is 25.1. The average molecular weight is 440 g/mol. The number of hydrogen-bond acceptors (Lipinski definition) is 6. The topological polar surface area (TPSA) is 111 Å². The summed E-state index contributed by atoms with van der Waals surface area (Å²) in [6, 6.07) is 12.1. The highest BCUT2D eigenvalue weighted by atomic mass is 16.6. The van der Waals surface area contributed by atoms with Crippen molar-refractivity contribution in [3.05, 3.63) is 59.2 Å². The van der Waals surface area contributed by atoms with Crippen LogP contribution in [0.1, 0.15) is 27.9 Å². The van der Waals surface area contributed by atoms with Gasteiger partial charge < -0.3 is 25.3 Å². The van der Waals surface area contributed by atoms with Crippen LogP contribution in [0.4, 0.5) is 0 Å². The molecule has 3 N–H and O–H groups in total. The van der Waals surface area contributed by atoms with Crippen LogP contribution < -0.4 is 5.32 Å². The number of oxime groups is 1. The minimum absolute atomic E-state index is 0.159. The van der Waals surface area contributed by atoms with E-state index < -0.39 is 31.2 Å². The molecule has 3 rings (SSSR count). The Morgan fingerprint density at radius 1 is 1.16 bits per heavy atom. The molecular formula is C24H29N3O5. The molecule has 1 atom stereocenters. The first-order valence-electron chi connectivity index (χ1n) is 10.5. The summed E-state index contributed by atoms with van der Waals surface area (Å²) in [5.74, 6) is -0.744. The fourth-order valence-corrected chi connectivity index (χ4v) is 3.92. The normalized spacial score (nSPS) is 17.1. The molecule has 1 fully saturated rings. The standard InChI is InChI=1S/C24H29N3O5/c1-15-6-4-5-7-20(15)17-8-9-21(16(2)10-17)24(31)27-12-18(26-32-3)11-22(27)23(30)25-19(13-28)14-29/h4-10,19,22,28-29H,11-14H2,1-3H3,(H,25,30)/t22-/m0/s1. The number of hydrogen-bond donors (Lipinski definition) is 3. The Labute approximate surface area is 187 Å². The number of aliphatic hydroxyl groups is 2. The average Bonchev–Trinajstić information content (AvgIpc) is 3.21. The minimum atomic E-state index is -0.813. The highest BCUT2D eigenvalue weighted by Gasteiger charge is 2.39. The maximum absolute atomic E-state index is 13.4. The minimum Gasteiger partial charge on any atom is -0.399 e. The van der Waals surface area contributed by atoms with Crippen LogP contribution in [0.15, 0.2) is 47.6 Å². The Morgan fingerprint density at radius 2 is 1.88 bits per heavy atom. The third-order valence-corrected chi connectivity index (χ3v) is 5.64. The highest BCUT2D eigenvalue weighted by molar-refractivity contribution is 6.06. The zero-order valence-electron chi connectivity index (χ0n) is 18.5. The number of benzene rings is 2. The van der Waals surface area contributed by atoms with E-state index in [0.717, 1.165) is 22.3 Å². The molecule has 8 nitrogen and oxygen atoms in total. The van der Waals surface area contributed by atoms with Crippen LogP contribution in [0.25, 0.3) is 11.1 Å². The number of carbonyl (C=O) groups is 2. The summed E-state index contributed by atoms with van der Waals surface area (Å²) < 4.78 is 0. The fraction of sp³-hybridized carbons (Fsp3) is 0.375. The van der Waals surface area contributed by atoms with Crippen molar-refractivity contribution in [3.63, 3.8) is 0 Å². The molecule has 8 heteroatoms. The van der Waals surface area contributed by atoms with Crippen LogP contribution in [0, 0.1) is 13.8 Å². The predicted molar refractivity (Wildman–Crippen MR) is 121 cm³/mol. The Kier molecular flexibility index (Phi) is 7.61. The molecule has 1 aliphatic heterocycles. The Bertz CT molecular complexity index is 1020. The van der Waals surface area contributed by atoms with E-state index in [1.54, 1.807) is 6.07 Å². The number of carbonyl (C=O) groups excluding carboxylic acids is 2. The van der Waals surface area contributed by atoms with Gasteiger partial charge in [0.25, 0.3) is 5.91 Å². The molecular weight excluding hydrogens is 410 g/mol. The largest absolute Gasteiger partial charge is 0.399 e. The number of rotatable bonds is 7. The Hall–Kier alpha value is -3.23. The van der Waals surface area contributed by atoms with Crippen molar-refractivity contribution in [2.45, 2.75) is 32.4 Å². The maximum atomic E-state index is 13.4. The van der Waals surface area contributed by atoms with Gasteiger partial charge >= 0.3 is 0 Å². The molecule has 0 radical (unpaired) electrons. The molecule has 0 aromatic heterocycles. The van der Waals surface area contributed by atoms with E-state index in [-0.39, 0.29) is 18.9 Å². The van der Waals surface area contributed by atoms with Gasteiger partial charge in [0, 0.05) is 12.0 Å². The van der Waals surface area contributed by atoms with Gasteiger partial charge in [0.2, 0.25) is 5.91 Å². The molecule has 32 heavy (non-hydrogen) atoms. The molecule has 0 spiro atoms. The monoisotopic (exact) mass is 439 g/mol. The van der Waals surface area contributed by atoms with Gasteiger partial charge in [-0.1, -0.05) is 41.6 Å². The quantitative estimate of drug-likeness (QED) is 0.568. The van der Waals surface area contributed by atoms with Gasteiger partial charge in [-0.3, -0.25) is 9.59 Å². The molecule has 0 bridgehead atoms. The van der Waals surface area contributed by atoms with E-state index in [1.807, 2.05) is 50.2 Å². The second kappa shape index (κ2) is 10.4. The number of aryl methyl sites for hydroxylation is 2. The lowest BCUT2D eigenvalue weighted by atomic mass is 9.96. The molecule has 0 aliphatic carbocycles. The van der Waals surface area contributed by atoms with Crippen LogP contribution in [0.3, 0.4) is 0 Å². The SMILES string of the molecule is CON=C1C[C@@H](C(=O)NC(CO)CO)N(C(=O)c2ccc(-c3ccccc3C)cc2C)C1. The van der Waals surface area contributed by atoms with E-state index in [2.05, 4.69) is 10.5 Å². The fourth-order valence-electron chi connectivity index (χ4n) is 3.92.